The van der Waals surface area contributed by atoms with Crippen LogP contribution in [0.1, 0.15) is 17.3 Å². The molecule has 2 aliphatic rings. The molecule has 2 aromatic rings. The van der Waals surface area contributed by atoms with Crippen molar-refractivity contribution in [3.05, 3.63) is 59.5 Å². The lowest BCUT2D eigenvalue weighted by Crippen LogP contribution is -2.42. The first-order chi connectivity index (χ1) is 13.3. The van der Waals surface area contributed by atoms with Gasteiger partial charge in [0.15, 0.2) is 0 Å². The minimum absolute atomic E-state index is 0.0823. The van der Waals surface area contributed by atoms with Crippen LogP contribution in [0.15, 0.2) is 42.5 Å². The largest absolute Gasteiger partial charge is 0.356 e. The van der Waals surface area contributed by atoms with E-state index in [0.29, 0.717) is 18.7 Å². The zero-order valence-corrected chi connectivity index (χ0v) is 17.1. The van der Waals surface area contributed by atoms with Crippen molar-refractivity contribution in [2.75, 3.05) is 38.6 Å². The molecule has 0 saturated carbocycles. The van der Waals surface area contributed by atoms with E-state index in [9.17, 15) is 12.8 Å². The smallest absolute Gasteiger partial charge is 0.282 e. The minimum atomic E-state index is -3.61. The standard InChI is InChI=1S/C20H25FN4O2S/c1-14-6-4-9-19(22-14)24-11-16-12-25(28(26,27)23(2)3)20(18(16)13-24)15-7-5-8-17(21)10-15/h4-10,16,18,20H,11-13H2,1-3H3/t16-,18-,20+/m0/s1. The predicted molar refractivity (Wildman–Crippen MR) is 107 cm³/mol. The Morgan fingerprint density at radius 2 is 1.86 bits per heavy atom. The molecule has 3 heterocycles. The van der Waals surface area contributed by atoms with Gasteiger partial charge >= 0.3 is 0 Å². The zero-order valence-electron chi connectivity index (χ0n) is 16.3. The Bertz CT molecular complexity index is 982. The molecule has 4 rings (SSSR count). The van der Waals surface area contributed by atoms with Crippen LogP contribution >= 0.6 is 0 Å². The normalized spacial score (nSPS) is 25.5. The van der Waals surface area contributed by atoms with Crippen LogP contribution in [0.25, 0.3) is 0 Å². The Morgan fingerprint density at radius 3 is 2.54 bits per heavy atom. The molecular weight excluding hydrogens is 379 g/mol. The van der Waals surface area contributed by atoms with Crippen LogP contribution in [0.5, 0.6) is 0 Å². The number of pyridine rings is 1. The molecule has 0 amide bonds. The number of hydrogen-bond acceptors (Lipinski definition) is 4. The van der Waals surface area contributed by atoms with Crippen LogP contribution in [0.2, 0.25) is 0 Å². The van der Waals surface area contributed by atoms with Crippen molar-refractivity contribution in [2.45, 2.75) is 13.0 Å². The third kappa shape index (κ3) is 3.29. The van der Waals surface area contributed by atoms with E-state index in [-0.39, 0.29) is 23.7 Å². The molecule has 2 aliphatic heterocycles. The fourth-order valence-corrected chi connectivity index (χ4v) is 5.81. The third-order valence-electron chi connectivity index (χ3n) is 5.77. The summed E-state index contributed by atoms with van der Waals surface area (Å²) < 4.78 is 42.6. The second kappa shape index (κ2) is 7.09. The molecule has 1 aromatic carbocycles. The molecule has 8 heteroatoms. The molecular formula is C20H25FN4O2S. The maximum atomic E-state index is 13.9. The van der Waals surface area contributed by atoms with Crippen LogP contribution in [0.4, 0.5) is 10.2 Å². The number of aryl methyl sites for hydroxylation is 1. The highest BCUT2D eigenvalue weighted by atomic mass is 32.2. The maximum absolute atomic E-state index is 13.9. The number of halogens is 1. The van der Waals surface area contributed by atoms with Gasteiger partial charge in [-0.1, -0.05) is 18.2 Å². The van der Waals surface area contributed by atoms with E-state index >= 15 is 0 Å². The van der Waals surface area contributed by atoms with Crippen molar-refractivity contribution < 1.29 is 12.8 Å². The summed E-state index contributed by atoms with van der Waals surface area (Å²) in [7, 11) is -0.534. The van der Waals surface area contributed by atoms with Gasteiger partial charge in [0.2, 0.25) is 0 Å². The summed E-state index contributed by atoms with van der Waals surface area (Å²) in [5.74, 6) is 0.817. The summed E-state index contributed by atoms with van der Waals surface area (Å²) in [4.78, 5) is 6.83. The number of anilines is 1. The van der Waals surface area contributed by atoms with Gasteiger partial charge in [-0.25, -0.2) is 9.37 Å². The van der Waals surface area contributed by atoms with Gasteiger partial charge in [-0.05, 0) is 42.7 Å². The van der Waals surface area contributed by atoms with Gasteiger partial charge < -0.3 is 4.90 Å². The summed E-state index contributed by atoms with van der Waals surface area (Å²) >= 11 is 0. The van der Waals surface area contributed by atoms with E-state index in [2.05, 4.69) is 9.88 Å². The van der Waals surface area contributed by atoms with Crippen molar-refractivity contribution in [1.29, 1.82) is 0 Å². The molecule has 1 aromatic heterocycles. The second-order valence-corrected chi connectivity index (χ2v) is 9.92. The van der Waals surface area contributed by atoms with E-state index in [1.165, 1.54) is 34.8 Å². The molecule has 0 bridgehead atoms. The van der Waals surface area contributed by atoms with Gasteiger partial charge in [-0.2, -0.15) is 17.0 Å². The van der Waals surface area contributed by atoms with Crippen molar-refractivity contribution in [3.8, 4) is 0 Å². The van der Waals surface area contributed by atoms with E-state index in [4.69, 9.17) is 0 Å². The highest BCUT2D eigenvalue weighted by Gasteiger charge is 2.52. The number of nitrogens with zero attached hydrogens (tertiary/aromatic N) is 4. The molecule has 0 radical (unpaired) electrons. The van der Waals surface area contributed by atoms with Crippen molar-refractivity contribution in [1.82, 2.24) is 13.6 Å². The Labute approximate surface area is 165 Å². The fourth-order valence-electron chi connectivity index (χ4n) is 4.45. The van der Waals surface area contributed by atoms with Crippen molar-refractivity contribution in [2.24, 2.45) is 11.8 Å². The summed E-state index contributed by atoms with van der Waals surface area (Å²) in [6.45, 7) is 3.82. The van der Waals surface area contributed by atoms with Crippen LogP contribution in [0.3, 0.4) is 0 Å². The van der Waals surface area contributed by atoms with Crippen LogP contribution in [0, 0.1) is 24.6 Å². The molecule has 3 atom stereocenters. The number of rotatable bonds is 4. The average molecular weight is 405 g/mol. The van der Waals surface area contributed by atoms with E-state index in [0.717, 1.165) is 18.1 Å². The summed E-state index contributed by atoms with van der Waals surface area (Å²) in [5, 5.41) is 0. The van der Waals surface area contributed by atoms with E-state index in [1.807, 2.05) is 31.2 Å². The summed E-state index contributed by atoms with van der Waals surface area (Å²) in [6, 6.07) is 11.9. The van der Waals surface area contributed by atoms with E-state index in [1.54, 1.807) is 6.07 Å². The Kier molecular flexibility index (Phi) is 4.89. The topological polar surface area (TPSA) is 56.8 Å². The quantitative estimate of drug-likeness (QED) is 0.786. The molecule has 2 fully saturated rings. The SMILES string of the molecule is Cc1cccc(N2C[C@H]3CN(S(=O)(=O)N(C)C)[C@H](c4cccc(F)c4)[C@H]3C2)n1. The van der Waals surface area contributed by atoms with Crippen LogP contribution in [-0.4, -0.2) is 55.7 Å². The first kappa shape index (κ1) is 19.3. The minimum Gasteiger partial charge on any atom is -0.356 e. The molecule has 28 heavy (non-hydrogen) atoms. The van der Waals surface area contributed by atoms with Crippen molar-refractivity contribution >= 4 is 16.0 Å². The summed E-state index contributed by atoms with van der Waals surface area (Å²) in [6.07, 6.45) is 0. The van der Waals surface area contributed by atoms with Gasteiger partial charge in [-0.3, -0.25) is 0 Å². The van der Waals surface area contributed by atoms with Gasteiger partial charge in [0.25, 0.3) is 10.2 Å². The molecule has 6 nitrogen and oxygen atoms in total. The van der Waals surface area contributed by atoms with Crippen LogP contribution in [-0.2, 0) is 10.2 Å². The highest BCUT2D eigenvalue weighted by Crippen LogP contribution is 2.47. The second-order valence-electron chi connectivity index (χ2n) is 7.83. The zero-order chi connectivity index (χ0) is 20.1. The Balaban J connectivity index is 1.70. The van der Waals surface area contributed by atoms with E-state index < -0.39 is 10.2 Å². The molecule has 150 valence electrons. The molecule has 0 aliphatic carbocycles. The monoisotopic (exact) mass is 404 g/mol. The Hall–Kier alpha value is -2.03. The Morgan fingerprint density at radius 1 is 1.11 bits per heavy atom. The lowest BCUT2D eigenvalue weighted by Gasteiger charge is -2.31. The van der Waals surface area contributed by atoms with Gasteiger partial charge in [0, 0.05) is 45.3 Å². The van der Waals surface area contributed by atoms with Gasteiger partial charge in [0.05, 0.1) is 6.04 Å². The molecule has 2 saturated heterocycles. The van der Waals surface area contributed by atoms with Gasteiger partial charge in [0.1, 0.15) is 11.6 Å². The first-order valence-electron chi connectivity index (χ1n) is 9.41. The number of aromatic nitrogens is 1. The number of benzene rings is 1. The third-order valence-corrected chi connectivity index (χ3v) is 7.66. The molecule has 0 spiro atoms. The summed E-state index contributed by atoms with van der Waals surface area (Å²) in [5.41, 5.74) is 1.66. The van der Waals surface area contributed by atoms with Gasteiger partial charge in [-0.15, -0.1) is 0 Å². The number of hydrogen-bond donors (Lipinski definition) is 0. The van der Waals surface area contributed by atoms with Crippen LogP contribution < -0.4 is 4.90 Å². The lowest BCUT2D eigenvalue weighted by atomic mass is 9.90. The molecule has 0 unspecified atom stereocenters. The first-order valence-corrected chi connectivity index (χ1v) is 10.8. The maximum Gasteiger partial charge on any atom is 0.282 e. The van der Waals surface area contributed by atoms with Crippen molar-refractivity contribution in [3.63, 3.8) is 0 Å². The lowest BCUT2D eigenvalue weighted by molar-refractivity contribution is 0.327. The number of fused-ring (bicyclic) bond motifs is 1. The fraction of sp³-hybridized carbons (Fsp3) is 0.450. The average Bonchev–Trinajstić information content (AvgIpc) is 3.19. The molecule has 0 N–H and O–H groups in total. The highest BCUT2D eigenvalue weighted by molar-refractivity contribution is 7.86. The predicted octanol–water partition coefficient (Wildman–Crippen LogP) is 2.44.